The molecule has 667 valence electrons. The van der Waals surface area contributed by atoms with Crippen molar-refractivity contribution in [3.05, 3.63) is 0 Å². The van der Waals surface area contributed by atoms with Gasteiger partial charge in [-0.25, -0.2) is 0 Å². The molecule has 0 unspecified atom stereocenters. The number of carbonyl (C=O) groups is 1. The number of aliphatic hydroxyl groups is 7. The Labute approximate surface area is 749 Å². The molecule has 0 heterocycles. The van der Waals surface area contributed by atoms with Crippen molar-refractivity contribution in [3.8, 4) is 0 Å². The van der Waals surface area contributed by atoms with Gasteiger partial charge in [-0.2, -0.15) is 0 Å². The molecule has 0 spiro atoms. The van der Waals surface area contributed by atoms with E-state index in [0.717, 1.165) is 202 Å². The molecule has 0 aromatic carbocycles. The maximum absolute atomic E-state index is 12.9. The summed E-state index contributed by atoms with van der Waals surface area (Å²) in [6, 6.07) is 0. The van der Waals surface area contributed by atoms with Gasteiger partial charge in [0.2, 0.25) is 0 Å². The van der Waals surface area contributed by atoms with Crippen LogP contribution in [0.5, 0.6) is 0 Å². The fourth-order valence-corrected chi connectivity index (χ4v) is 38.4. The van der Waals surface area contributed by atoms with E-state index in [2.05, 4.69) is 111 Å². The minimum atomic E-state index is -0.392. The first-order valence-electron chi connectivity index (χ1n) is 52.3. The average Bonchev–Trinajstić information content (AvgIpc) is 1.72. The molecule has 0 aliphatic heterocycles. The van der Waals surface area contributed by atoms with Crippen LogP contribution in [0.1, 0.15) is 420 Å². The van der Waals surface area contributed by atoms with Gasteiger partial charge in [0.15, 0.2) is 0 Å². The summed E-state index contributed by atoms with van der Waals surface area (Å²) in [5.41, 5.74) is 2.06. The first-order chi connectivity index (χ1) is 54.9. The molecule has 0 saturated heterocycles. The van der Waals surface area contributed by atoms with Crippen LogP contribution < -0.4 is 29.6 Å². The second kappa shape index (κ2) is 34.0. The third-order valence-corrected chi connectivity index (χ3v) is 47.1. The summed E-state index contributed by atoms with van der Waals surface area (Å²) in [6.07, 6.45) is 59.6. The largest absolute Gasteiger partial charge is 1.00 e. The Balaban J connectivity index is 0.000000129. The molecule has 7 N–H and O–H groups in total. The van der Waals surface area contributed by atoms with Crippen molar-refractivity contribution >= 4 is 14.2 Å². The van der Waals surface area contributed by atoms with Gasteiger partial charge in [0, 0.05) is 20.2 Å². The van der Waals surface area contributed by atoms with Crippen LogP contribution in [0.2, 0.25) is 0 Å². The van der Waals surface area contributed by atoms with Crippen LogP contribution in [-0.2, 0) is 4.79 Å². The number of hydrogen-bond donors (Lipinski definition) is 7. The molecule has 20 saturated carbocycles. The maximum Gasteiger partial charge on any atom is 1.00 e. The van der Waals surface area contributed by atoms with E-state index in [-0.39, 0.29) is 80.4 Å². The Morgan fingerprint density at radius 1 is 0.288 bits per heavy atom. The fraction of sp³-hybridized carbons (Fsp3) is 0.991. The van der Waals surface area contributed by atoms with Crippen LogP contribution in [0, 0.1) is 209 Å². The van der Waals surface area contributed by atoms with Crippen molar-refractivity contribution in [1.29, 1.82) is 0 Å². The molecule has 20 fully saturated rings. The number of Topliss-reactive ketones (excluding diaryl/α,β-unsaturated/α-hetero) is 1. The van der Waals surface area contributed by atoms with E-state index in [0.29, 0.717) is 96.4 Å². The summed E-state index contributed by atoms with van der Waals surface area (Å²) in [4.78, 5) is 12.9. The first kappa shape index (κ1) is 93.1. The standard InChI is InChI=1S/3C27H46O2.C27H44O2.B.Na.H/c4*1-5-27(29)15-14-25(3)19(16-27)8-9-20-22-11-10-21(17(2)24(28)18-6-7-18)26(22,4)13-12-23(20)25;;;/h3*17-24,28-29H,5-16H2,1-4H3;17-23,29H,5-16H2,1-4H3;;;/q;;;;;+1;-1/t17-,19-,20-,21+,22-,23-,24+,25-,26+,27-;2*17-,19-,20-,21+,22-,23-,24-,25-,26+,27-;17-,19-,20-,21+,22-,23-,25-,26+,27-;;;/m0000.../s1. The molecule has 0 aromatic rings. The number of ketones is 1. The average molecular weight is 1640 g/mol. The minimum Gasteiger partial charge on any atom is -1.00 e. The number of carbonyl (C=O) groups excluding carboxylic acids is 1. The van der Waals surface area contributed by atoms with Crippen molar-refractivity contribution in [2.45, 2.75) is 460 Å². The molecule has 8 nitrogen and oxygen atoms in total. The van der Waals surface area contributed by atoms with Gasteiger partial charge < -0.3 is 37.2 Å². The second-order valence-electron chi connectivity index (χ2n) is 51.2. The molecule has 10 heteroatoms. The van der Waals surface area contributed by atoms with Crippen LogP contribution in [-0.4, -0.2) is 90.7 Å². The molecule has 20 rings (SSSR count). The van der Waals surface area contributed by atoms with Gasteiger partial charge in [0.25, 0.3) is 0 Å². The smallest absolute Gasteiger partial charge is 1.00 e. The molecular formula is C108H183BNaO8. The molecule has 20 aliphatic carbocycles. The predicted molar refractivity (Wildman–Crippen MR) is 479 cm³/mol. The third-order valence-electron chi connectivity index (χ3n) is 47.1. The predicted octanol–water partition coefficient (Wildman–Crippen LogP) is 21.7. The van der Waals surface area contributed by atoms with Gasteiger partial charge in [-0.3, -0.25) is 4.79 Å². The summed E-state index contributed by atoms with van der Waals surface area (Å²) in [7, 11) is 0. The normalized spacial score (nSPS) is 53.0. The van der Waals surface area contributed by atoms with E-state index in [1.54, 1.807) is 0 Å². The zero-order valence-corrected chi connectivity index (χ0v) is 81.5. The van der Waals surface area contributed by atoms with E-state index in [9.17, 15) is 40.5 Å². The summed E-state index contributed by atoms with van der Waals surface area (Å²) in [5.74, 6) is 20.9. The van der Waals surface area contributed by atoms with Gasteiger partial charge in [-0.05, 0) is 505 Å². The Bertz CT molecular complexity index is 3200. The van der Waals surface area contributed by atoms with Gasteiger partial charge in [0.05, 0.1) is 40.7 Å². The van der Waals surface area contributed by atoms with Crippen molar-refractivity contribution < 1.29 is 71.5 Å². The zero-order chi connectivity index (χ0) is 82.4. The Hall–Kier alpha value is 0.455. The van der Waals surface area contributed by atoms with Gasteiger partial charge in [-0.15, -0.1) is 0 Å². The summed E-state index contributed by atoms with van der Waals surface area (Å²) in [6.45, 7) is 38.9. The van der Waals surface area contributed by atoms with Crippen molar-refractivity contribution in [2.75, 3.05) is 0 Å². The Morgan fingerprint density at radius 3 is 0.729 bits per heavy atom. The zero-order valence-electron chi connectivity index (χ0n) is 80.5. The van der Waals surface area contributed by atoms with E-state index < -0.39 is 5.60 Å². The topological polar surface area (TPSA) is 159 Å². The SMILES string of the molecule is CC[C@]1(O)CC[C@@]2(C)[C@@H](CC[C@@H]3[C@@H]2CC[C@]2(C)[C@@H]([C@H](C)C(=O)C4CC4)CC[C@@H]32)C1.CC[C@]1(O)CC[C@@]2(C)[C@@H](CC[C@@H]3[C@@H]2CC[C@]2(C)[C@@H]([C@H](C)[C@@H](O)C4CC4)CC[C@@H]32)C1.CC[C@]1(O)CC[C@@]2(C)[C@@H](CC[C@@H]3[C@@H]2CC[C@]2(C)[C@@H]([C@H](C)[C@H](O)C4CC4)CC[C@@H]32)C1.CC[C@]1(O)CC[C@@]2(C)[C@@H](CC[C@@H]3[C@@H]2CC[C@]2(C)[C@@H]([C@H](C)[C@H](O)C4CC4)CC[C@@H]32)C1.[B].[H-].[Na+]. The third kappa shape index (κ3) is 15.9. The van der Waals surface area contributed by atoms with Crippen molar-refractivity contribution in [3.63, 3.8) is 0 Å². The molecule has 0 aromatic heterocycles. The van der Waals surface area contributed by atoms with Crippen LogP contribution in [0.15, 0.2) is 0 Å². The number of hydrogen-bond acceptors (Lipinski definition) is 8. The first-order valence-corrected chi connectivity index (χ1v) is 52.3. The fourth-order valence-electron chi connectivity index (χ4n) is 38.4. The Kier molecular flexibility index (Phi) is 26.8. The van der Waals surface area contributed by atoms with E-state index in [1.165, 1.54) is 218 Å². The van der Waals surface area contributed by atoms with Crippen LogP contribution >= 0.6 is 0 Å². The monoisotopic (exact) mass is 1640 g/mol. The van der Waals surface area contributed by atoms with E-state index in [1.807, 2.05) is 0 Å². The van der Waals surface area contributed by atoms with Crippen molar-refractivity contribution in [1.82, 2.24) is 0 Å². The summed E-state index contributed by atoms with van der Waals surface area (Å²) < 4.78 is 0. The van der Waals surface area contributed by atoms with Gasteiger partial charge in [0.1, 0.15) is 5.78 Å². The molecular weight excluding hydrogens is 1460 g/mol. The molecule has 20 aliphatic rings. The molecule has 0 bridgehead atoms. The number of aliphatic hydroxyl groups excluding tert-OH is 3. The Morgan fingerprint density at radius 2 is 0.508 bits per heavy atom. The number of fused-ring (bicyclic) bond motifs is 20. The number of rotatable bonds is 16. The molecule has 3 radical (unpaired) electrons. The van der Waals surface area contributed by atoms with Gasteiger partial charge >= 0.3 is 29.6 Å². The minimum absolute atomic E-state index is 0. The summed E-state index contributed by atoms with van der Waals surface area (Å²) >= 11 is 0. The molecule has 0 amide bonds. The van der Waals surface area contributed by atoms with Crippen LogP contribution in [0.25, 0.3) is 0 Å². The maximum atomic E-state index is 12.9. The summed E-state index contributed by atoms with van der Waals surface area (Å²) in [5, 5.41) is 76.7. The molecule has 118 heavy (non-hydrogen) atoms. The van der Waals surface area contributed by atoms with E-state index in [4.69, 9.17) is 0 Å². The van der Waals surface area contributed by atoms with Crippen LogP contribution in [0.4, 0.5) is 0 Å². The quantitative estimate of drug-likeness (QED) is 0.0753. The van der Waals surface area contributed by atoms with E-state index >= 15 is 0 Å². The van der Waals surface area contributed by atoms with Crippen LogP contribution in [0.3, 0.4) is 0 Å². The van der Waals surface area contributed by atoms with Crippen molar-refractivity contribution in [2.24, 2.45) is 209 Å². The molecule has 39 atom stereocenters. The second-order valence-corrected chi connectivity index (χ2v) is 51.2. The van der Waals surface area contributed by atoms with Gasteiger partial charge in [-0.1, -0.05) is 111 Å².